The van der Waals surface area contributed by atoms with E-state index in [1.807, 2.05) is 24.3 Å². The van der Waals surface area contributed by atoms with E-state index in [1.54, 1.807) is 12.1 Å². The number of H-pyrrole nitrogens is 1. The van der Waals surface area contributed by atoms with Crippen molar-refractivity contribution < 1.29 is 18.7 Å². The van der Waals surface area contributed by atoms with Crippen molar-refractivity contribution in [3.63, 3.8) is 0 Å². The molecule has 0 saturated heterocycles. The number of hydrogen-bond acceptors (Lipinski definition) is 4. The van der Waals surface area contributed by atoms with Gasteiger partial charge in [-0.2, -0.15) is 0 Å². The zero-order valence-electron chi connectivity index (χ0n) is 24.3. The lowest BCUT2D eigenvalue weighted by molar-refractivity contribution is -0.126. The van der Waals surface area contributed by atoms with Crippen molar-refractivity contribution in [2.75, 3.05) is 19.7 Å². The maximum Gasteiger partial charge on any atom is 0.246 e. The first-order chi connectivity index (χ1) is 21.1. The Hall–Kier alpha value is -4.46. The highest BCUT2D eigenvalue weighted by Crippen LogP contribution is 2.25. The summed E-state index contributed by atoms with van der Waals surface area (Å²) >= 11 is 0. The largest absolute Gasteiger partial charge is 0.489 e. The second kappa shape index (κ2) is 15.7. The first-order valence-electron chi connectivity index (χ1n) is 14.8. The molecule has 5 rings (SSSR count). The Balaban J connectivity index is 0.964. The Bertz CT molecular complexity index is 1570. The van der Waals surface area contributed by atoms with Crippen molar-refractivity contribution >= 4 is 16.8 Å². The summed E-state index contributed by atoms with van der Waals surface area (Å²) in [5, 5.41) is 7.65. The Morgan fingerprint density at radius 2 is 1.51 bits per heavy atom. The molecule has 1 heterocycles. The standard InChI is InChI=1S/C36H38FN3O3/c37-32-14-12-30(13-15-32)24-42-26-36(41)39-19-4-7-27-8-10-28(11-9-27)22-38-20-18-31-23-40-35-17-16-33(21-34(31)35)43-25-29-5-2-1-3-6-29/h1-3,5-6,8-17,21,23,38,40H,4,7,18-20,22,24-26H2,(H,39,41). The molecular formula is C36H38FN3O3. The molecule has 0 atom stereocenters. The van der Waals surface area contributed by atoms with Gasteiger partial charge in [-0.15, -0.1) is 0 Å². The van der Waals surface area contributed by atoms with Crippen LogP contribution in [-0.2, 0) is 42.1 Å². The van der Waals surface area contributed by atoms with E-state index in [1.165, 1.54) is 34.2 Å². The summed E-state index contributed by atoms with van der Waals surface area (Å²) in [5.74, 6) is 0.443. The average Bonchev–Trinajstić information content (AvgIpc) is 3.44. The summed E-state index contributed by atoms with van der Waals surface area (Å²) in [7, 11) is 0. The molecule has 1 aromatic heterocycles. The van der Waals surface area contributed by atoms with E-state index in [2.05, 4.69) is 70.3 Å². The summed E-state index contributed by atoms with van der Waals surface area (Å²) in [4.78, 5) is 15.4. The third-order valence-corrected chi connectivity index (χ3v) is 7.29. The SMILES string of the molecule is O=C(COCc1ccc(F)cc1)NCCCc1ccc(CNCCc2c[nH]c3ccc(OCc4ccccc4)cc23)cc1. The van der Waals surface area contributed by atoms with Crippen LogP contribution >= 0.6 is 0 Å². The van der Waals surface area contributed by atoms with Crippen molar-refractivity contribution in [1.29, 1.82) is 0 Å². The van der Waals surface area contributed by atoms with Gasteiger partial charge in [-0.25, -0.2) is 4.39 Å². The molecule has 1 amide bonds. The monoisotopic (exact) mass is 579 g/mol. The van der Waals surface area contributed by atoms with Gasteiger partial charge in [-0.1, -0.05) is 66.7 Å². The number of aromatic amines is 1. The van der Waals surface area contributed by atoms with Gasteiger partial charge in [0.1, 0.15) is 24.8 Å². The maximum atomic E-state index is 12.9. The predicted octanol–water partition coefficient (Wildman–Crippen LogP) is 6.48. The topological polar surface area (TPSA) is 75.4 Å². The molecule has 0 bridgehead atoms. The molecule has 0 fully saturated rings. The summed E-state index contributed by atoms with van der Waals surface area (Å²) in [6.45, 7) is 3.10. The maximum absolute atomic E-state index is 12.9. The summed E-state index contributed by atoms with van der Waals surface area (Å²) < 4.78 is 24.4. The molecular weight excluding hydrogens is 541 g/mol. The Morgan fingerprint density at radius 3 is 2.33 bits per heavy atom. The van der Waals surface area contributed by atoms with Crippen LogP contribution in [0, 0.1) is 5.82 Å². The number of rotatable bonds is 16. The number of carbonyl (C=O) groups is 1. The zero-order valence-corrected chi connectivity index (χ0v) is 24.3. The smallest absolute Gasteiger partial charge is 0.246 e. The lowest BCUT2D eigenvalue weighted by atomic mass is 10.1. The van der Waals surface area contributed by atoms with E-state index in [4.69, 9.17) is 9.47 Å². The lowest BCUT2D eigenvalue weighted by Gasteiger charge is -2.08. The number of fused-ring (bicyclic) bond motifs is 1. The van der Waals surface area contributed by atoms with Crippen LogP contribution in [0.5, 0.6) is 5.75 Å². The lowest BCUT2D eigenvalue weighted by Crippen LogP contribution is -2.28. The van der Waals surface area contributed by atoms with E-state index in [-0.39, 0.29) is 24.9 Å². The Kier molecular flexibility index (Phi) is 10.9. The normalized spacial score (nSPS) is 11.1. The third kappa shape index (κ3) is 9.53. The average molecular weight is 580 g/mol. The molecule has 3 N–H and O–H groups in total. The minimum absolute atomic E-state index is 0.0103. The number of benzene rings is 4. The minimum atomic E-state index is -0.286. The summed E-state index contributed by atoms with van der Waals surface area (Å²) in [6, 6.07) is 31.1. The molecule has 7 heteroatoms. The van der Waals surface area contributed by atoms with Gasteiger partial charge in [-0.3, -0.25) is 4.79 Å². The van der Waals surface area contributed by atoms with E-state index in [9.17, 15) is 9.18 Å². The van der Waals surface area contributed by atoms with Gasteiger partial charge in [0.25, 0.3) is 0 Å². The van der Waals surface area contributed by atoms with Gasteiger partial charge in [-0.05, 0) is 84.0 Å². The van der Waals surface area contributed by atoms with Crippen LogP contribution in [0.4, 0.5) is 4.39 Å². The number of aromatic nitrogens is 1. The number of nitrogens with one attached hydrogen (secondary N) is 3. The number of halogens is 1. The predicted molar refractivity (Wildman–Crippen MR) is 168 cm³/mol. The van der Waals surface area contributed by atoms with Gasteiger partial charge in [0.05, 0.1) is 6.61 Å². The van der Waals surface area contributed by atoms with Crippen molar-refractivity contribution in [2.24, 2.45) is 0 Å². The van der Waals surface area contributed by atoms with Gasteiger partial charge in [0.2, 0.25) is 5.91 Å². The number of hydrogen-bond donors (Lipinski definition) is 3. The molecule has 0 aliphatic rings. The molecule has 0 aliphatic carbocycles. The minimum Gasteiger partial charge on any atom is -0.489 e. The third-order valence-electron chi connectivity index (χ3n) is 7.29. The number of carbonyl (C=O) groups excluding carboxylic acids is 1. The molecule has 6 nitrogen and oxygen atoms in total. The number of amides is 1. The second-order valence-corrected chi connectivity index (χ2v) is 10.6. The first-order valence-corrected chi connectivity index (χ1v) is 14.8. The highest BCUT2D eigenvalue weighted by molar-refractivity contribution is 5.84. The van der Waals surface area contributed by atoms with E-state index >= 15 is 0 Å². The molecule has 0 saturated carbocycles. The second-order valence-electron chi connectivity index (χ2n) is 10.6. The fraction of sp³-hybridized carbons (Fsp3) is 0.250. The molecule has 5 aromatic rings. The Morgan fingerprint density at radius 1 is 0.767 bits per heavy atom. The first kappa shape index (κ1) is 30.0. The quantitative estimate of drug-likeness (QED) is 0.117. The van der Waals surface area contributed by atoms with Gasteiger partial charge >= 0.3 is 0 Å². The fourth-order valence-electron chi connectivity index (χ4n) is 4.89. The van der Waals surface area contributed by atoms with Crippen LogP contribution in [0.2, 0.25) is 0 Å². The fourth-order valence-corrected chi connectivity index (χ4v) is 4.89. The molecule has 4 aromatic carbocycles. The van der Waals surface area contributed by atoms with Crippen LogP contribution in [0.1, 0.15) is 34.2 Å². The van der Waals surface area contributed by atoms with Crippen LogP contribution in [0.15, 0.2) is 103 Å². The molecule has 43 heavy (non-hydrogen) atoms. The van der Waals surface area contributed by atoms with Crippen LogP contribution in [0.3, 0.4) is 0 Å². The highest BCUT2D eigenvalue weighted by atomic mass is 19.1. The van der Waals surface area contributed by atoms with Crippen molar-refractivity contribution in [3.8, 4) is 5.75 Å². The van der Waals surface area contributed by atoms with Gasteiger partial charge < -0.3 is 25.1 Å². The van der Waals surface area contributed by atoms with Gasteiger partial charge in [0.15, 0.2) is 0 Å². The van der Waals surface area contributed by atoms with Crippen LogP contribution in [-0.4, -0.2) is 30.6 Å². The van der Waals surface area contributed by atoms with Crippen molar-refractivity contribution in [2.45, 2.75) is 39.0 Å². The summed E-state index contributed by atoms with van der Waals surface area (Å²) in [6.07, 6.45) is 4.75. The van der Waals surface area contributed by atoms with E-state index in [0.717, 1.165) is 54.7 Å². The van der Waals surface area contributed by atoms with Crippen molar-refractivity contribution in [3.05, 3.63) is 137 Å². The van der Waals surface area contributed by atoms with Crippen LogP contribution in [0.25, 0.3) is 10.9 Å². The van der Waals surface area contributed by atoms with Gasteiger partial charge in [0, 0.05) is 30.2 Å². The molecule has 0 radical (unpaired) electrons. The van der Waals surface area contributed by atoms with Crippen molar-refractivity contribution in [1.82, 2.24) is 15.6 Å². The molecule has 0 unspecified atom stereocenters. The zero-order chi connectivity index (χ0) is 29.7. The van der Waals surface area contributed by atoms with E-state index in [0.29, 0.717) is 13.2 Å². The molecule has 0 aliphatic heterocycles. The highest BCUT2D eigenvalue weighted by Gasteiger charge is 2.07. The van der Waals surface area contributed by atoms with E-state index < -0.39 is 0 Å². The molecule has 222 valence electrons. The Labute approximate surface area is 252 Å². The van der Waals surface area contributed by atoms with Crippen LogP contribution < -0.4 is 15.4 Å². The number of ether oxygens (including phenoxy) is 2. The molecule has 0 spiro atoms. The number of aryl methyl sites for hydroxylation is 1. The summed E-state index contributed by atoms with van der Waals surface area (Å²) in [5.41, 5.74) is 6.87.